The SMILES string of the molecule is Cc1ccc(C(=O)C(I)S(C)(=O)=O)cc1. The fourth-order valence-electron chi connectivity index (χ4n) is 1.04. The van der Waals surface area contributed by atoms with Crippen molar-refractivity contribution in [3.05, 3.63) is 35.4 Å². The van der Waals surface area contributed by atoms with Crippen LogP contribution in [0.5, 0.6) is 0 Å². The fraction of sp³-hybridized carbons (Fsp3) is 0.300. The van der Waals surface area contributed by atoms with Crippen molar-refractivity contribution in [2.75, 3.05) is 6.26 Å². The Labute approximate surface area is 103 Å². The van der Waals surface area contributed by atoms with E-state index in [-0.39, 0.29) is 5.78 Å². The molecule has 0 heterocycles. The monoisotopic (exact) mass is 338 g/mol. The van der Waals surface area contributed by atoms with Gasteiger partial charge in [-0.2, -0.15) is 0 Å². The second-order valence-corrected chi connectivity index (χ2v) is 7.60. The molecule has 0 saturated carbocycles. The molecule has 0 aliphatic heterocycles. The average molecular weight is 338 g/mol. The Balaban J connectivity index is 3.01. The van der Waals surface area contributed by atoms with Gasteiger partial charge in [0, 0.05) is 11.8 Å². The van der Waals surface area contributed by atoms with Crippen molar-refractivity contribution >= 4 is 38.2 Å². The lowest BCUT2D eigenvalue weighted by Gasteiger charge is -2.06. The van der Waals surface area contributed by atoms with E-state index in [1.165, 1.54) is 0 Å². The van der Waals surface area contributed by atoms with E-state index in [0.717, 1.165) is 11.8 Å². The third-order valence-electron chi connectivity index (χ3n) is 1.92. The summed E-state index contributed by atoms with van der Waals surface area (Å²) in [5, 5.41) is 0. The fourth-order valence-corrected chi connectivity index (χ4v) is 1.93. The molecule has 0 fully saturated rings. The topological polar surface area (TPSA) is 51.2 Å². The molecule has 5 heteroatoms. The number of carbonyl (C=O) groups is 1. The lowest BCUT2D eigenvalue weighted by atomic mass is 10.1. The first-order valence-electron chi connectivity index (χ1n) is 4.26. The molecule has 0 aromatic heterocycles. The highest BCUT2D eigenvalue weighted by Gasteiger charge is 2.26. The molecule has 0 N–H and O–H groups in total. The van der Waals surface area contributed by atoms with E-state index in [2.05, 4.69) is 0 Å². The van der Waals surface area contributed by atoms with Crippen LogP contribution in [0.2, 0.25) is 0 Å². The van der Waals surface area contributed by atoms with Crippen molar-refractivity contribution in [2.45, 2.75) is 10.2 Å². The van der Waals surface area contributed by atoms with Gasteiger partial charge in [-0.05, 0) is 6.92 Å². The highest BCUT2D eigenvalue weighted by atomic mass is 127. The number of rotatable bonds is 3. The van der Waals surface area contributed by atoms with Crippen LogP contribution in [-0.4, -0.2) is 23.7 Å². The van der Waals surface area contributed by atoms with Gasteiger partial charge >= 0.3 is 0 Å². The summed E-state index contributed by atoms with van der Waals surface area (Å²) in [7, 11) is -3.32. The quantitative estimate of drug-likeness (QED) is 0.481. The summed E-state index contributed by atoms with van der Waals surface area (Å²) >= 11 is 1.65. The van der Waals surface area contributed by atoms with Crippen LogP contribution >= 0.6 is 22.6 Å². The predicted molar refractivity (Wildman–Crippen MR) is 68.2 cm³/mol. The molecule has 82 valence electrons. The lowest BCUT2D eigenvalue weighted by molar-refractivity contribution is 0.101. The summed E-state index contributed by atoms with van der Waals surface area (Å²) < 4.78 is 21.4. The molecule has 3 nitrogen and oxygen atoms in total. The zero-order chi connectivity index (χ0) is 11.6. The van der Waals surface area contributed by atoms with Crippen molar-refractivity contribution in [3.63, 3.8) is 0 Å². The molecule has 0 amide bonds. The number of carbonyl (C=O) groups excluding carboxylic acids is 1. The number of benzene rings is 1. The van der Waals surface area contributed by atoms with Gasteiger partial charge in [-0.1, -0.05) is 52.4 Å². The highest BCUT2D eigenvalue weighted by Crippen LogP contribution is 2.16. The summed E-state index contributed by atoms with van der Waals surface area (Å²) in [6.07, 6.45) is 1.07. The van der Waals surface area contributed by atoms with Crippen LogP contribution in [0.15, 0.2) is 24.3 Å². The van der Waals surface area contributed by atoms with E-state index in [1.807, 2.05) is 6.92 Å². The van der Waals surface area contributed by atoms with Crippen LogP contribution in [0.25, 0.3) is 0 Å². The molecule has 0 saturated heterocycles. The standard InChI is InChI=1S/C10H11IO3S/c1-7-3-5-8(6-4-7)9(12)10(11)15(2,13)14/h3-6,10H,1-2H3. The number of ketones is 1. The number of hydrogen-bond acceptors (Lipinski definition) is 3. The first-order chi connectivity index (χ1) is 6.82. The molecule has 1 atom stereocenters. The van der Waals surface area contributed by atoms with Crippen LogP contribution in [0.1, 0.15) is 15.9 Å². The van der Waals surface area contributed by atoms with Crippen molar-refractivity contribution in [2.24, 2.45) is 0 Å². The zero-order valence-corrected chi connectivity index (χ0v) is 11.4. The van der Waals surface area contributed by atoms with E-state index >= 15 is 0 Å². The first kappa shape index (κ1) is 12.6. The van der Waals surface area contributed by atoms with Crippen LogP contribution in [0.4, 0.5) is 0 Å². The number of aryl methyl sites for hydroxylation is 1. The summed E-state index contributed by atoms with van der Waals surface area (Å²) in [5.41, 5.74) is 1.47. The maximum absolute atomic E-state index is 11.7. The molecular formula is C10H11IO3S. The van der Waals surface area contributed by atoms with Gasteiger partial charge < -0.3 is 0 Å². The minimum absolute atomic E-state index is 0.363. The minimum Gasteiger partial charge on any atom is -0.292 e. The van der Waals surface area contributed by atoms with Gasteiger partial charge in [0.15, 0.2) is 18.9 Å². The van der Waals surface area contributed by atoms with Crippen LogP contribution < -0.4 is 0 Å². The Morgan fingerprint density at radius 1 is 1.27 bits per heavy atom. The van der Waals surface area contributed by atoms with E-state index in [9.17, 15) is 13.2 Å². The maximum Gasteiger partial charge on any atom is 0.190 e. The van der Waals surface area contributed by atoms with Crippen molar-refractivity contribution in [1.82, 2.24) is 0 Å². The highest BCUT2D eigenvalue weighted by molar-refractivity contribution is 14.1. The van der Waals surface area contributed by atoms with E-state index in [1.54, 1.807) is 46.9 Å². The van der Waals surface area contributed by atoms with E-state index < -0.39 is 13.1 Å². The second-order valence-electron chi connectivity index (χ2n) is 3.38. The molecular weight excluding hydrogens is 327 g/mol. The molecule has 15 heavy (non-hydrogen) atoms. The summed E-state index contributed by atoms with van der Waals surface area (Å²) in [4.78, 5) is 11.7. The lowest BCUT2D eigenvalue weighted by Crippen LogP contribution is -2.23. The van der Waals surface area contributed by atoms with Crippen molar-refractivity contribution in [1.29, 1.82) is 0 Å². The molecule has 0 aliphatic rings. The number of sulfone groups is 1. The molecule has 1 unspecified atom stereocenters. The van der Waals surface area contributed by atoms with Gasteiger partial charge in [-0.3, -0.25) is 4.79 Å². The third-order valence-corrected chi connectivity index (χ3v) is 6.22. The van der Waals surface area contributed by atoms with Crippen LogP contribution in [0.3, 0.4) is 0 Å². The van der Waals surface area contributed by atoms with Crippen LogP contribution in [-0.2, 0) is 9.84 Å². The van der Waals surface area contributed by atoms with Crippen LogP contribution in [0, 0.1) is 6.92 Å². The second kappa shape index (κ2) is 4.61. The largest absolute Gasteiger partial charge is 0.292 e. The van der Waals surface area contributed by atoms with Gasteiger partial charge in [-0.25, -0.2) is 8.42 Å². The Kier molecular flexibility index (Phi) is 3.88. The Morgan fingerprint density at radius 3 is 2.13 bits per heavy atom. The average Bonchev–Trinajstić information content (AvgIpc) is 2.15. The molecule has 1 rings (SSSR count). The zero-order valence-electron chi connectivity index (χ0n) is 8.40. The van der Waals surface area contributed by atoms with Gasteiger partial charge in [0.25, 0.3) is 0 Å². The predicted octanol–water partition coefficient (Wildman–Crippen LogP) is 1.98. The van der Waals surface area contributed by atoms with E-state index in [0.29, 0.717) is 5.56 Å². The molecule has 1 aromatic rings. The van der Waals surface area contributed by atoms with Gasteiger partial charge in [0.1, 0.15) is 0 Å². The molecule has 1 aromatic carbocycles. The van der Waals surface area contributed by atoms with Gasteiger partial charge in [-0.15, -0.1) is 0 Å². The van der Waals surface area contributed by atoms with Crippen molar-refractivity contribution < 1.29 is 13.2 Å². The Morgan fingerprint density at radius 2 is 1.73 bits per heavy atom. The summed E-state index contributed by atoms with van der Waals surface area (Å²) in [6, 6.07) is 6.88. The number of hydrogen-bond donors (Lipinski definition) is 0. The molecule has 0 spiro atoms. The van der Waals surface area contributed by atoms with Gasteiger partial charge in [0.05, 0.1) is 0 Å². The van der Waals surface area contributed by atoms with Gasteiger partial charge in [0.2, 0.25) is 0 Å². The molecule has 0 aliphatic carbocycles. The van der Waals surface area contributed by atoms with Crippen molar-refractivity contribution in [3.8, 4) is 0 Å². The maximum atomic E-state index is 11.7. The molecule has 0 radical (unpaired) electrons. The third kappa shape index (κ3) is 3.27. The Hall–Kier alpha value is -0.430. The summed E-state index contributed by atoms with van der Waals surface area (Å²) in [5.74, 6) is -0.363. The smallest absolute Gasteiger partial charge is 0.190 e. The first-order valence-corrected chi connectivity index (χ1v) is 7.46. The Bertz CT molecular complexity index is 462. The number of alkyl halides is 1. The molecule has 0 bridgehead atoms. The number of halogens is 1. The summed E-state index contributed by atoms with van der Waals surface area (Å²) in [6.45, 7) is 1.91. The van der Waals surface area contributed by atoms with E-state index in [4.69, 9.17) is 0 Å². The number of Topliss-reactive ketones (excluding diaryl/α,β-unsaturated/α-hetero) is 1. The minimum atomic E-state index is -3.32. The normalized spacial score (nSPS) is 13.5.